The Labute approximate surface area is 69.8 Å². The number of rotatable bonds is 0. The van der Waals surface area contributed by atoms with Crippen LogP contribution in [0.5, 0.6) is 0 Å². The van der Waals surface area contributed by atoms with Crippen LogP contribution in [0.15, 0.2) is 12.2 Å². The summed E-state index contributed by atoms with van der Waals surface area (Å²) in [6, 6.07) is 0. The lowest BCUT2D eigenvalue weighted by Gasteiger charge is -2.45. The summed E-state index contributed by atoms with van der Waals surface area (Å²) in [5.41, 5.74) is 0. The lowest BCUT2D eigenvalue weighted by molar-refractivity contribution is -0.164. The second-order valence-electron chi connectivity index (χ2n) is 3.50. The molecule has 2 bridgehead atoms. The van der Waals surface area contributed by atoms with E-state index in [9.17, 15) is 20.4 Å². The van der Waals surface area contributed by atoms with Crippen molar-refractivity contribution in [1.82, 2.24) is 0 Å². The van der Waals surface area contributed by atoms with Crippen LogP contribution in [0.25, 0.3) is 0 Å². The molecule has 3 rings (SSSR count). The summed E-state index contributed by atoms with van der Waals surface area (Å²) >= 11 is 0. The number of hydrogen-bond donors (Lipinski definition) is 4. The van der Waals surface area contributed by atoms with E-state index in [1.807, 2.05) is 0 Å². The maximum Gasteiger partial charge on any atom is 0.0894 e. The molecule has 4 N–H and O–H groups in total. The molecule has 0 aliphatic heterocycles. The maximum absolute atomic E-state index is 9.38. The fourth-order valence-electron chi connectivity index (χ4n) is 2.03. The van der Waals surface area contributed by atoms with Crippen LogP contribution in [-0.2, 0) is 0 Å². The molecule has 1 fully saturated rings. The summed E-state index contributed by atoms with van der Waals surface area (Å²) in [5, 5.41) is 37.5. The number of fused-ring (bicyclic) bond motifs is 2. The highest BCUT2D eigenvalue weighted by Gasteiger charge is 2.49. The number of aliphatic hydroxyl groups excluding tert-OH is 4. The fourth-order valence-corrected chi connectivity index (χ4v) is 2.03. The Balaban J connectivity index is 2.32. The molecule has 0 spiro atoms. The Bertz CT molecular complexity index is 177. The molecule has 68 valence electrons. The van der Waals surface area contributed by atoms with Crippen molar-refractivity contribution >= 4 is 0 Å². The van der Waals surface area contributed by atoms with Crippen molar-refractivity contribution in [3.63, 3.8) is 0 Å². The van der Waals surface area contributed by atoms with Gasteiger partial charge in [0.2, 0.25) is 0 Å². The summed E-state index contributed by atoms with van der Waals surface area (Å²) < 4.78 is 0. The molecular weight excluding hydrogens is 160 g/mol. The number of hydrogen-bond acceptors (Lipinski definition) is 4. The fraction of sp³-hybridized carbons (Fsp3) is 0.750. The van der Waals surface area contributed by atoms with E-state index in [1.165, 1.54) is 0 Å². The second kappa shape index (κ2) is 2.53. The molecule has 4 heteroatoms. The van der Waals surface area contributed by atoms with E-state index in [1.54, 1.807) is 12.2 Å². The minimum absolute atomic E-state index is 0.528. The zero-order chi connectivity index (χ0) is 8.88. The van der Waals surface area contributed by atoms with Gasteiger partial charge in [0.1, 0.15) is 0 Å². The Kier molecular flexibility index (Phi) is 1.73. The Morgan fingerprint density at radius 1 is 0.583 bits per heavy atom. The van der Waals surface area contributed by atoms with Gasteiger partial charge in [-0.05, 0) is 0 Å². The zero-order valence-corrected chi connectivity index (χ0v) is 6.41. The van der Waals surface area contributed by atoms with E-state index >= 15 is 0 Å². The molecule has 12 heavy (non-hydrogen) atoms. The van der Waals surface area contributed by atoms with Gasteiger partial charge in [0.25, 0.3) is 0 Å². The molecule has 0 unspecified atom stereocenters. The average Bonchev–Trinajstić information content (AvgIpc) is 2.05. The third-order valence-corrected chi connectivity index (χ3v) is 2.83. The molecule has 0 aromatic carbocycles. The first kappa shape index (κ1) is 8.19. The highest BCUT2D eigenvalue weighted by Crippen LogP contribution is 2.36. The first-order valence-corrected chi connectivity index (χ1v) is 4.03. The molecule has 0 radical (unpaired) electrons. The highest BCUT2D eigenvalue weighted by atomic mass is 16.4. The summed E-state index contributed by atoms with van der Waals surface area (Å²) in [5.74, 6) is -1.06. The SMILES string of the molecule is O[C@@H]1C2C=CC([C@@H]1O)[C@H](O)[C@@H]2O. The van der Waals surface area contributed by atoms with Gasteiger partial charge in [-0.15, -0.1) is 0 Å². The van der Waals surface area contributed by atoms with Crippen LogP contribution in [0, 0.1) is 11.8 Å². The third-order valence-electron chi connectivity index (χ3n) is 2.83. The smallest absolute Gasteiger partial charge is 0.0894 e. The van der Waals surface area contributed by atoms with Crippen LogP contribution in [0.1, 0.15) is 0 Å². The van der Waals surface area contributed by atoms with E-state index in [0.29, 0.717) is 0 Å². The van der Waals surface area contributed by atoms with Gasteiger partial charge in [0, 0.05) is 11.8 Å². The van der Waals surface area contributed by atoms with Crippen molar-refractivity contribution in [2.45, 2.75) is 24.4 Å². The van der Waals surface area contributed by atoms with Gasteiger partial charge in [-0.3, -0.25) is 0 Å². The molecule has 3 aliphatic carbocycles. The molecule has 0 aromatic heterocycles. The molecule has 0 saturated heterocycles. The lowest BCUT2D eigenvalue weighted by atomic mass is 9.68. The molecular formula is C8H12O4. The van der Waals surface area contributed by atoms with Gasteiger partial charge in [0.15, 0.2) is 0 Å². The van der Waals surface area contributed by atoms with Gasteiger partial charge in [-0.2, -0.15) is 0 Å². The van der Waals surface area contributed by atoms with Crippen LogP contribution in [0.3, 0.4) is 0 Å². The van der Waals surface area contributed by atoms with Gasteiger partial charge in [-0.25, -0.2) is 0 Å². The predicted octanol–water partition coefficient (Wildman–Crippen LogP) is -1.75. The summed E-state index contributed by atoms with van der Waals surface area (Å²) in [7, 11) is 0. The number of aliphatic hydroxyl groups is 4. The quantitative estimate of drug-likeness (QED) is 0.326. The van der Waals surface area contributed by atoms with Gasteiger partial charge >= 0.3 is 0 Å². The molecule has 0 aromatic rings. The first-order valence-electron chi connectivity index (χ1n) is 4.03. The van der Waals surface area contributed by atoms with E-state index in [0.717, 1.165) is 0 Å². The van der Waals surface area contributed by atoms with Crippen LogP contribution in [-0.4, -0.2) is 44.8 Å². The summed E-state index contributed by atoms with van der Waals surface area (Å²) in [6.45, 7) is 0. The molecule has 0 amide bonds. The van der Waals surface area contributed by atoms with Crippen molar-refractivity contribution in [3.8, 4) is 0 Å². The Morgan fingerprint density at radius 2 is 0.833 bits per heavy atom. The van der Waals surface area contributed by atoms with Gasteiger partial charge in [0.05, 0.1) is 24.4 Å². The molecule has 3 aliphatic rings. The highest BCUT2D eigenvalue weighted by molar-refractivity contribution is 5.17. The van der Waals surface area contributed by atoms with Crippen LogP contribution in [0.2, 0.25) is 0 Å². The van der Waals surface area contributed by atoms with Crippen molar-refractivity contribution in [1.29, 1.82) is 0 Å². The summed E-state index contributed by atoms with van der Waals surface area (Å²) in [4.78, 5) is 0. The van der Waals surface area contributed by atoms with Crippen molar-refractivity contribution in [3.05, 3.63) is 12.2 Å². The van der Waals surface area contributed by atoms with E-state index in [4.69, 9.17) is 0 Å². The zero-order valence-electron chi connectivity index (χ0n) is 6.41. The topological polar surface area (TPSA) is 80.9 Å². The largest absolute Gasteiger partial charge is 0.390 e. The third kappa shape index (κ3) is 0.863. The molecule has 0 heterocycles. The van der Waals surface area contributed by atoms with Crippen LogP contribution >= 0.6 is 0 Å². The van der Waals surface area contributed by atoms with E-state index < -0.39 is 36.3 Å². The van der Waals surface area contributed by atoms with Crippen molar-refractivity contribution in [2.24, 2.45) is 11.8 Å². The van der Waals surface area contributed by atoms with E-state index in [-0.39, 0.29) is 0 Å². The Morgan fingerprint density at radius 3 is 1.08 bits per heavy atom. The minimum Gasteiger partial charge on any atom is -0.390 e. The molecule has 4 nitrogen and oxygen atoms in total. The molecule has 4 atom stereocenters. The normalized spacial score (nSPS) is 57.7. The van der Waals surface area contributed by atoms with Crippen LogP contribution < -0.4 is 0 Å². The van der Waals surface area contributed by atoms with Crippen molar-refractivity contribution in [2.75, 3.05) is 0 Å². The van der Waals surface area contributed by atoms with E-state index in [2.05, 4.69) is 0 Å². The van der Waals surface area contributed by atoms with Crippen molar-refractivity contribution < 1.29 is 20.4 Å². The standard InChI is InChI=1S/C8H12O4/c9-5-3-1-2-4(7(5)11)8(12)6(3)10/h1-12H/t3?,4?,5-,6-,7+,8+. The molecule has 1 saturated carbocycles. The summed E-state index contributed by atoms with van der Waals surface area (Å²) in [6.07, 6.45) is -0.479. The van der Waals surface area contributed by atoms with Crippen LogP contribution in [0.4, 0.5) is 0 Å². The van der Waals surface area contributed by atoms with Gasteiger partial charge in [-0.1, -0.05) is 12.2 Å². The first-order chi connectivity index (χ1) is 5.63. The lowest BCUT2D eigenvalue weighted by Crippen LogP contribution is -2.59. The Hall–Kier alpha value is -0.420. The monoisotopic (exact) mass is 172 g/mol. The minimum atomic E-state index is -0.946. The van der Waals surface area contributed by atoms with Gasteiger partial charge < -0.3 is 20.4 Å². The average molecular weight is 172 g/mol. The second-order valence-corrected chi connectivity index (χ2v) is 3.50. The maximum atomic E-state index is 9.38. The predicted molar refractivity (Wildman–Crippen MR) is 40.1 cm³/mol.